The third-order valence-corrected chi connectivity index (χ3v) is 2.04. The Morgan fingerprint density at radius 1 is 1.15 bits per heavy atom. The molecule has 4 N–H and O–H groups in total. The monoisotopic (exact) mass is 193 g/mol. The van der Waals surface area contributed by atoms with E-state index in [1.54, 1.807) is 11.6 Å². The van der Waals surface area contributed by atoms with Crippen molar-refractivity contribution in [1.29, 1.82) is 0 Å². The van der Waals surface area contributed by atoms with Crippen LogP contribution in [-0.4, -0.2) is 15.0 Å². The second kappa shape index (κ2) is 2.98. The van der Waals surface area contributed by atoms with E-state index in [2.05, 4.69) is 15.0 Å². The van der Waals surface area contributed by atoms with Crippen LogP contribution in [0.15, 0.2) is 17.0 Å². The highest BCUT2D eigenvalue weighted by Crippen LogP contribution is 2.18. The van der Waals surface area contributed by atoms with Gasteiger partial charge < -0.3 is 11.5 Å². The van der Waals surface area contributed by atoms with Gasteiger partial charge in [0, 0.05) is 11.4 Å². The molecule has 0 fully saturated rings. The Bertz CT molecular complexity index is 391. The van der Waals surface area contributed by atoms with Gasteiger partial charge in [-0.3, -0.25) is 0 Å². The Balaban J connectivity index is 2.53. The fourth-order valence-electron chi connectivity index (χ4n) is 0.956. The first-order chi connectivity index (χ1) is 6.25. The average molecular weight is 193 g/mol. The van der Waals surface area contributed by atoms with Crippen molar-refractivity contribution in [1.82, 2.24) is 15.0 Å². The molecule has 13 heavy (non-hydrogen) atoms. The molecule has 6 heteroatoms. The standard InChI is InChI=1S/C7H7N5S/c8-6-1-4(11-7(9)12-6)5-2-13-3-10-5/h1-3H,(H4,8,9,11,12). The van der Waals surface area contributed by atoms with Crippen LogP contribution in [0.25, 0.3) is 11.4 Å². The quantitative estimate of drug-likeness (QED) is 0.697. The van der Waals surface area contributed by atoms with Crippen LogP contribution in [0.3, 0.4) is 0 Å². The Kier molecular flexibility index (Phi) is 1.82. The van der Waals surface area contributed by atoms with Gasteiger partial charge in [-0.2, -0.15) is 4.98 Å². The van der Waals surface area contributed by atoms with Crippen LogP contribution in [0.4, 0.5) is 11.8 Å². The smallest absolute Gasteiger partial charge is 0.222 e. The maximum Gasteiger partial charge on any atom is 0.222 e. The van der Waals surface area contributed by atoms with E-state index in [1.807, 2.05) is 5.38 Å². The lowest BCUT2D eigenvalue weighted by Crippen LogP contribution is -2.00. The largest absolute Gasteiger partial charge is 0.384 e. The summed E-state index contributed by atoms with van der Waals surface area (Å²) in [5.41, 5.74) is 14.1. The van der Waals surface area contributed by atoms with Crippen molar-refractivity contribution < 1.29 is 0 Å². The summed E-state index contributed by atoms with van der Waals surface area (Å²) in [5.74, 6) is 0.526. The fraction of sp³-hybridized carbons (Fsp3) is 0. The van der Waals surface area contributed by atoms with Gasteiger partial charge in [-0.25, -0.2) is 9.97 Å². The molecule has 0 saturated carbocycles. The van der Waals surface area contributed by atoms with E-state index in [-0.39, 0.29) is 5.95 Å². The van der Waals surface area contributed by atoms with Crippen LogP contribution in [-0.2, 0) is 0 Å². The highest BCUT2D eigenvalue weighted by atomic mass is 32.1. The number of nitrogen functional groups attached to an aromatic ring is 2. The molecule has 2 heterocycles. The fourth-order valence-corrected chi connectivity index (χ4v) is 1.50. The van der Waals surface area contributed by atoms with E-state index < -0.39 is 0 Å². The first kappa shape index (κ1) is 7.93. The van der Waals surface area contributed by atoms with Crippen LogP contribution in [0.1, 0.15) is 0 Å². The van der Waals surface area contributed by atoms with E-state index in [9.17, 15) is 0 Å². The molecule has 0 aliphatic carbocycles. The van der Waals surface area contributed by atoms with E-state index in [0.29, 0.717) is 11.5 Å². The molecular weight excluding hydrogens is 186 g/mol. The summed E-state index contributed by atoms with van der Waals surface area (Å²) in [6.45, 7) is 0. The highest BCUT2D eigenvalue weighted by Gasteiger charge is 2.03. The molecule has 2 aromatic rings. The van der Waals surface area contributed by atoms with Crippen molar-refractivity contribution in [3.8, 4) is 11.4 Å². The lowest BCUT2D eigenvalue weighted by molar-refractivity contribution is 1.18. The van der Waals surface area contributed by atoms with Gasteiger partial charge in [0.2, 0.25) is 5.95 Å². The molecule has 0 amide bonds. The normalized spacial score (nSPS) is 10.2. The van der Waals surface area contributed by atoms with Gasteiger partial charge in [0.15, 0.2) is 0 Å². The van der Waals surface area contributed by atoms with Crippen molar-refractivity contribution >= 4 is 23.1 Å². The molecule has 2 rings (SSSR count). The predicted molar refractivity (Wildman–Crippen MR) is 52.0 cm³/mol. The van der Waals surface area contributed by atoms with Gasteiger partial charge in [-0.15, -0.1) is 11.3 Å². The van der Waals surface area contributed by atoms with Crippen LogP contribution in [0, 0.1) is 0 Å². The number of thiazole rings is 1. The maximum absolute atomic E-state index is 5.51. The molecule has 0 spiro atoms. The average Bonchev–Trinajstić information content (AvgIpc) is 2.53. The van der Waals surface area contributed by atoms with Crippen LogP contribution >= 0.6 is 11.3 Å². The molecule has 0 saturated heterocycles. The zero-order valence-corrected chi connectivity index (χ0v) is 7.45. The Morgan fingerprint density at radius 3 is 2.62 bits per heavy atom. The topological polar surface area (TPSA) is 90.7 Å². The minimum absolute atomic E-state index is 0.169. The number of hydrogen-bond acceptors (Lipinski definition) is 6. The number of anilines is 2. The first-order valence-corrected chi connectivity index (χ1v) is 4.48. The number of hydrogen-bond donors (Lipinski definition) is 2. The highest BCUT2D eigenvalue weighted by molar-refractivity contribution is 7.07. The predicted octanol–water partition coefficient (Wildman–Crippen LogP) is 0.764. The SMILES string of the molecule is Nc1cc(-c2cscn2)nc(N)n1. The minimum Gasteiger partial charge on any atom is -0.384 e. The Hall–Kier alpha value is -1.69. The second-order valence-electron chi connectivity index (χ2n) is 2.41. The molecule has 0 aromatic carbocycles. The molecule has 0 radical (unpaired) electrons. The van der Waals surface area contributed by atoms with Crippen LogP contribution in [0.2, 0.25) is 0 Å². The Morgan fingerprint density at radius 2 is 2.00 bits per heavy atom. The van der Waals surface area contributed by atoms with E-state index in [4.69, 9.17) is 11.5 Å². The molecule has 0 aliphatic heterocycles. The summed E-state index contributed by atoms with van der Waals surface area (Å²) in [4.78, 5) is 11.9. The van der Waals surface area contributed by atoms with Gasteiger partial charge in [0.1, 0.15) is 5.82 Å². The lowest BCUT2D eigenvalue weighted by Gasteiger charge is -1.98. The zero-order valence-electron chi connectivity index (χ0n) is 6.64. The zero-order chi connectivity index (χ0) is 9.26. The van der Waals surface area contributed by atoms with Crippen molar-refractivity contribution in [2.24, 2.45) is 0 Å². The summed E-state index contributed by atoms with van der Waals surface area (Å²) in [7, 11) is 0. The molecule has 2 aromatic heterocycles. The number of nitrogens with zero attached hydrogens (tertiary/aromatic N) is 3. The van der Waals surface area contributed by atoms with E-state index >= 15 is 0 Å². The van der Waals surface area contributed by atoms with Gasteiger partial charge in [-0.1, -0.05) is 0 Å². The molecule has 5 nitrogen and oxygen atoms in total. The molecule has 0 atom stereocenters. The Labute approximate surface area is 78.5 Å². The molecule has 0 bridgehead atoms. The first-order valence-electron chi connectivity index (χ1n) is 3.54. The van der Waals surface area contributed by atoms with Gasteiger partial charge >= 0.3 is 0 Å². The summed E-state index contributed by atoms with van der Waals surface area (Å²) >= 11 is 1.49. The van der Waals surface area contributed by atoms with Crippen molar-refractivity contribution in [2.45, 2.75) is 0 Å². The number of rotatable bonds is 1. The molecule has 66 valence electrons. The van der Waals surface area contributed by atoms with Gasteiger partial charge in [0.05, 0.1) is 16.9 Å². The third kappa shape index (κ3) is 1.57. The lowest BCUT2D eigenvalue weighted by atomic mass is 10.3. The number of nitrogens with two attached hydrogens (primary N) is 2. The molecule has 0 aliphatic rings. The van der Waals surface area contributed by atoms with E-state index in [0.717, 1.165) is 5.69 Å². The maximum atomic E-state index is 5.51. The molecular formula is C7H7N5S. The summed E-state index contributed by atoms with van der Waals surface area (Å²) in [6.07, 6.45) is 0. The van der Waals surface area contributed by atoms with Crippen LogP contribution < -0.4 is 11.5 Å². The van der Waals surface area contributed by atoms with E-state index in [1.165, 1.54) is 11.3 Å². The third-order valence-electron chi connectivity index (χ3n) is 1.46. The second-order valence-corrected chi connectivity index (χ2v) is 3.13. The molecule has 0 unspecified atom stereocenters. The summed E-state index contributed by atoms with van der Waals surface area (Å²) < 4.78 is 0. The minimum atomic E-state index is 0.169. The van der Waals surface area contributed by atoms with Gasteiger partial charge in [0.25, 0.3) is 0 Å². The van der Waals surface area contributed by atoms with Gasteiger partial charge in [-0.05, 0) is 0 Å². The summed E-state index contributed by atoms with van der Waals surface area (Å²) in [6, 6.07) is 1.64. The van der Waals surface area contributed by atoms with Crippen molar-refractivity contribution in [2.75, 3.05) is 11.5 Å². The van der Waals surface area contributed by atoms with Crippen LogP contribution in [0.5, 0.6) is 0 Å². The van der Waals surface area contributed by atoms with Crippen molar-refractivity contribution in [3.63, 3.8) is 0 Å². The number of aromatic nitrogens is 3. The van der Waals surface area contributed by atoms with Crippen molar-refractivity contribution in [3.05, 3.63) is 17.0 Å². The summed E-state index contributed by atoms with van der Waals surface area (Å²) in [5, 5.41) is 1.88.